The molecule has 0 aliphatic carbocycles. The zero-order valence-corrected chi connectivity index (χ0v) is 14.0. The van der Waals surface area contributed by atoms with Gasteiger partial charge in [-0.1, -0.05) is 74.5 Å². The number of hydrogen-bond acceptors (Lipinski definition) is 2. The van der Waals surface area contributed by atoms with E-state index in [9.17, 15) is 0 Å². The molecule has 1 heterocycles. The van der Waals surface area contributed by atoms with Crippen LogP contribution in [0.4, 0.5) is 0 Å². The Bertz CT molecular complexity index is 583. The van der Waals surface area contributed by atoms with Crippen molar-refractivity contribution in [3.05, 3.63) is 71.8 Å². The van der Waals surface area contributed by atoms with Crippen LogP contribution in [-0.4, -0.2) is 12.5 Å². The number of benzene rings is 2. The molecule has 2 aromatic rings. The van der Waals surface area contributed by atoms with Crippen LogP contribution >= 0.6 is 17.0 Å². The van der Waals surface area contributed by atoms with Crippen LogP contribution in [0.2, 0.25) is 0 Å². The maximum absolute atomic E-state index is 8.46. The first-order chi connectivity index (χ1) is 9.59. The Balaban J connectivity index is 0.00000161. The Morgan fingerprint density at radius 3 is 1.62 bits per heavy atom. The van der Waals surface area contributed by atoms with Crippen LogP contribution in [-0.2, 0) is 10.2 Å². The van der Waals surface area contributed by atoms with Crippen molar-refractivity contribution in [2.75, 3.05) is 6.61 Å². The molecule has 1 N–H and O–H groups in total. The highest BCUT2D eigenvalue weighted by Gasteiger charge is 2.57. The summed E-state index contributed by atoms with van der Waals surface area (Å²) in [5, 5.41) is 8.46. The van der Waals surface area contributed by atoms with E-state index in [0.29, 0.717) is 12.5 Å². The second kappa shape index (κ2) is 5.64. The highest BCUT2D eigenvalue weighted by atomic mass is 79.9. The Morgan fingerprint density at radius 1 is 0.857 bits per heavy atom. The first-order valence-corrected chi connectivity index (χ1v) is 6.92. The number of nitrogens with one attached hydrogen (secondary N) is 1. The molecular weight excluding hydrogens is 326 g/mol. The van der Waals surface area contributed by atoms with Crippen molar-refractivity contribution in [2.45, 2.75) is 19.3 Å². The van der Waals surface area contributed by atoms with Gasteiger partial charge in [-0.05, 0) is 11.1 Å². The van der Waals surface area contributed by atoms with Gasteiger partial charge in [-0.2, -0.15) is 0 Å². The lowest BCUT2D eigenvalue weighted by Gasteiger charge is -2.39. The Kier molecular flexibility index (Phi) is 4.24. The quantitative estimate of drug-likeness (QED) is 0.848. The van der Waals surface area contributed by atoms with Gasteiger partial charge in [0.05, 0.1) is 6.61 Å². The maximum Gasteiger partial charge on any atom is 0.196 e. The molecule has 110 valence electrons. The molecule has 0 spiro atoms. The van der Waals surface area contributed by atoms with E-state index in [1.165, 1.54) is 0 Å². The van der Waals surface area contributed by atoms with E-state index in [4.69, 9.17) is 10.1 Å². The lowest BCUT2D eigenvalue weighted by atomic mass is 9.60. The van der Waals surface area contributed by atoms with Crippen LogP contribution in [0.3, 0.4) is 0 Å². The van der Waals surface area contributed by atoms with E-state index >= 15 is 0 Å². The molecule has 2 nitrogen and oxygen atoms in total. The number of ether oxygens (including phenoxy) is 1. The molecule has 1 fully saturated rings. The summed E-state index contributed by atoms with van der Waals surface area (Å²) in [7, 11) is 0. The first kappa shape index (κ1) is 15.8. The fourth-order valence-corrected chi connectivity index (χ4v) is 3.36. The Morgan fingerprint density at radius 2 is 1.29 bits per heavy atom. The third-order valence-corrected chi connectivity index (χ3v) is 4.35. The van der Waals surface area contributed by atoms with Gasteiger partial charge in [0.15, 0.2) is 5.90 Å². The lowest BCUT2D eigenvalue weighted by molar-refractivity contribution is 0.213. The second-order valence-corrected chi connectivity index (χ2v) is 5.98. The van der Waals surface area contributed by atoms with Gasteiger partial charge in [0, 0.05) is 5.41 Å². The molecule has 0 aromatic heterocycles. The molecule has 1 aliphatic rings. The zero-order valence-electron chi connectivity index (χ0n) is 12.3. The standard InChI is InChI=1S/C18H19NO.BrH/c1-17(2)13-20-16(19)18(17,14-9-5-3-6-10-14)15-11-7-4-8-12-15;/h3-12,19H,13H2,1-2H3;1H. The van der Waals surface area contributed by atoms with Gasteiger partial charge in [-0.25, -0.2) is 0 Å². The zero-order chi connectivity index (χ0) is 14.2. The van der Waals surface area contributed by atoms with Gasteiger partial charge in [0.2, 0.25) is 0 Å². The van der Waals surface area contributed by atoms with Gasteiger partial charge in [-0.3, -0.25) is 5.41 Å². The molecule has 1 aliphatic heterocycles. The van der Waals surface area contributed by atoms with Gasteiger partial charge in [0.25, 0.3) is 0 Å². The van der Waals surface area contributed by atoms with Crippen molar-refractivity contribution in [2.24, 2.45) is 5.41 Å². The monoisotopic (exact) mass is 345 g/mol. The van der Waals surface area contributed by atoms with E-state index in [1.807, 2.05) is 36.4 Å². The maximum atomic E-state index is 8.46. The minimum absolute atomic E-state index is 0. The second-order valence-electron chi connectivity index (χ2n) is 5.98. The normalized spacial score (nSPS) is 18.7. The van der Waals surface area contributed by atoms with Crippen molar-refractivity contribution < 1.29 is 4.74 Å². The van der Waals surface area contributed by atoms with E-state index in [1.54, 1.807) is 0 Å². The summed E-state index contributed by atoms with van der Waals surface area (Å²) in [6, 6.07) is 20.5. The topological polar surface area (TPSA) is 33.1 Å². The largest absolute Gasteiger partial charge is 0.480 e. The molecular formula is C18H20BrNO. The van der Waals surface area contributed by atoms with Gasteiger partial charge < -0.3 is 4.74 Å². The van der Waals surface area contributed by atoms with Crippen LogP contribution in [0, 0.1) is 10.8 Å². The minimum Gasteiger partial charge on any atom is -0.480 e. The van der Waals surface area contributed by atoms with Crippen LogP contribution < -0.4 is 0 Å². The van der Waals surface area contributed by atoms with Crippen LogP contribution in [0.5, 0.6) is 0 Å². The summed E-state index contributed by atoms with van der Waals surface area (Å²) in [5.41, 5.74) is 1.58. The third-order valence-electron chi connectivity index (χ3n) is 4.35. The molecule has 3 heteroatoms. The summed E-state index contributed by atoms with van der Waals surface area (Å²) in [6.45, 7) is 4.92. The predicted octanol–water partition coefficient (Wildman–Crippen LogP) is 4.58. The highest BCUT2D eigenvalue weighted by Crippen LogP contribution is 2.52. The SMILES string of the molecule is Br.CC1(C)COC(=N)C1(c1ccccc1)c1ccccc1. The van der Waals surface area contributed by atoms with Crippen LogP contribution in [0.1, 0.15) is 25.0 Å². The molecule has 0 saturated carbocycles. The average molecular weight is 346 g/mol. The van der Waals surface area contributed by atoms with Crippen LogP contribution in [0.15, 0.2) is 60.7 Å². The molecule has 0 bridgehead atoms. The molecule has 3 rings (SSSR count). The van der Waals surface area contributed by atoms with Crippen LogP contribution in [0.25, 0.3) is 0 Å². The van der Waals surface area contributed by atoms with Gasteiger partial charge in [0.1, 0.15) is 5.41 Å². The summed E-state index contributed by atoms with van der Waals surface area (Å²) >= 11 is 0. The summed E-state index contributed by atoms with van der Waals surface area (Å²) in [4.78, 5) is 0. The Hall–Kier alpha value is -1.61. The third kappa shape index (κ3) is 2.20. The van der Waals surface area contributed by atoms with Crippen molar-refractivity contribution in [3.63, 3.8) is 0 Å². The van der Waals surface area contributed by atoms with Crippen molar-refractivity contribution in [3.8, 4) is 0 Å². The van der Waals surface area contributed by atoms with E-state index < -0.39 is 5.41 Å². The van der Waals surface area contributed by atoms with Crippen molar-refractivity contribution in [1.82, 2.24) is 0 Å². The summed E-state index contributed by atoms with van der Waals surface area (Å²) in [5.74, 6) is 0.347. The van der Waals surface area contributed by atoms with Gasteiger partial charge in [-0.15, -0.1) is 17.0 Å². The fraction of sp³-hybridized carbons (Fsp3) is 0.278. The summed E-state index contributed by atoms with van der Waals surface area (Å²) < 4.78 is 5.68. The first-order valence-electron chi connectivity index (χ1n) is 6.92. The smallest absolute Gasteiger partial charge is 0.196 e. The van der Waals surface area contributed by atoms with Crippen molar-refractivity contribution >= 4 is 22.9 Å². The highest BCUT2D eigenvalue weighted by molar-refractivity contribution is 8.93. The average Bonchev–Trinajstić information content (AvgIpc) is 2.72. The van der Waals surface area contributed by atoms with E-state index in [0.717, 1.165) is 11.1 Å². The minimum atomic E-state index is -0.504. The summed E-state index contributed by atoms with van der Waals surface area (Å²) in [6.07, 6.45) is 0. The number of rotatable bonds is 2. The predicted molar refractivity (Wildman–Crippen MR) is 91.4 cm³/mol. The Labute approximate surface area is 136 Å². The molecule has 1 saturated heterocycles. The molecule has 21 heavy (non-hydrogen) atoms. The fourth-order valence-electron chi connectivity index (χ4n) is 3.36. The van der Waals surface area contributed by atoms with E-state index in [2.05, 4.69) is 38.1 Å². The van der Waals surface area contributed by atoms with E-state index in [-0.39, 0.29) is 22.4 Å². The van der Waals surface area contributed by atoms with Gasteiger partial charge >= 0.3 is 0 Å². The lowest BCUT2D eigenvalue weighted by Crippen LogP contribution is -2.44. The van der Waals surface area contributed by atoms with Crippen molar-refractivity contribution in [1.29, 1.82) is 5.41 Å². The molecule has 0 radical (unpaired) electrons. The molecule has 0 atom stereocenters. The molecule has 2 aromatic carbocycles. The molecule has 0 unspecified atom stereocenters. The number of hydrogen-bond donors (Lipinski definition) is 1. The number of halogens is 1. The molecule has 0 amide bonds.